The highest BCUT2D eigenvalue weighted by molar-refractivity contribution is 6.02. The van der Waals surface area contributed by atoms with Crippen molar-refractivity contribution in [3.63, 3.8) is 0 Å². The van der Waals surface area contributed by atoms with Crippen molar-refractivity contribution in [1.29, 1.82) is 0 Å². The lowest BCUT2D eigenvalue weighted by Crippen LogP contribution is -2.45. The molecule has 2 aromatic carbocycles. The van der Waals surface area contributed by atoms with Gasteiger partial charge in [-0.15, -0.1) is 0 Å². The van der Waals surface area contributed by atoms with Crippen molar-refractivity contribution >= 4 is 23.4 Å². The number of ether oxygens (including phenoxy) is 2. The number of hydrogen-bond acceptors (Lipinski definition) is 6. The van der Waals surface area contributed by atoms with Crippen LogP contribution in [0.3, 0.4) is 0 Å². The monoisotopic (exact) mass is 543 g/mol. The fraction of sp³-hybridized carbons (Fsp3) is 0.345. The number of methoxy groups -OCH3 is 2. The molecule has 0 radical (unpaired) electrons. The van der Waals surface area contributed by atoms with E-state index in [1.807, 2.05) is 38.1 Å². The van der Waals surface area contributed by atoms with Crippen LogP contribution in [0.5, 0.6) is 5.75 Å². The van der Waals surface area contributed by atoms with E-state index in [1.54, 1.807) is 13.0 Å². The van der Waals surface area contributed by atoms with Gasteiger partial charge in [0.1, 0.15) is 11.6 Å². The standard InChI is InChI=1S/C29H32F3N3O4/c1-16(2)34-21-11-8-19(9-12-21)22-14-23(27(36)39-7)25(18(5)26(22)38-6)20-10-13-24(33-15-20)35(17(3)4)28(37)29(30,31)32/h8-17,34H,1-7H3. The fourth-order valence-electron chi connectivity index (χ4n) is 4.42. The molecule has 1 N–H and O–H groups in total. The van der Waals surface area contributed by atoms with Gasteiger partial charge in [-0.05, 0) is 70.5 Å². The predicted octanol–water partition coefficient (Wildman–Crippen LogP) is 6.64. The van der Waals surface area contributed by atoms with Crippen LogP contribution in [0.25, 0.3) is 22.3 Å². The molecule has 1 amide bonds. The first-order valence-electron chi connectivity index (χ1n) is 12.3. The topological polar surface area (TPSA) is 80.8 Å². The molecule has 0 saturated carbocycles. The van der Waals surface area contributed by atoms with E-state index in [4.69, 9.17) is 9.47 Å². The molecular formula is C29H32F3N3O4. The molecule has 0 aliphatic heterocycles. The molecule has 0 bridgehead atoms. The lowest BCUT2D eigenvalue weighted by Gasteiger charge is -2.26. The lowest BCUT2D eigenvalue weighted by molar-refractivity contribution is -0.170. The highest BCUT2D eigenvalue weighted by Crippen LogP contribution is 2.42. The first kappa shape index (κ1) is 29.5. The Morgan fingerprint density at radius 3 is 2.05 bits per heavy atom. The summed E-state index contributed by atoms with van der Waals surface area (Å²) in [5, 5.41) is 3.33. The van der Waals surface area contributed by atoms with E-state index in [-0.39, 0.29) is 17.4 Å². The number of carbonyl (C=O) groups is 2. The Bertz CT molecular complexity index is 1340. The number of esters is 1. The van der Waals surface area contributed by atoms with Gasteiger partial charge >= 0.3 is 18.1 Å². The Labute approximate surface area is 226 Å². The summed E-state index contributed by atoms with van der Waals surface area (Å²) >= 11 is 0. The summed E-state index contributed by atoms with van der Waals surface area (Å²) < 4.78 is 50.3. The third-order valence-corrected chi connectivity index (χ3v) is 6.04. The second-order valence-corrected chi connectivity index (χ2v) is 9.54. The summed E-state index contributed by atoms with van der Waals surface area (Å²) in [6, 6.07) is 11.7. The van der Waals surface area contributed by atoms with E-state index in [2.05, 4.69) is 10.3 Å². The number of amides is 1. The van der Waals surface area contributed by atoms with Crippen molar-refractivity contribution in [2.45, 2.75) is 52.9 Å². The fourth-order valence-corrected chi connectivity index (χ4v) is 4.42. The zero-order chi connectivity index (χ0) is 29.1. The minimum atomic E-state index is -5.05. The van der Waals surface area contributed by atoms with Crippen LogP contribution in [0.1, 0.15) is 43.6 Å². The highest BCUT2D eigenvalue weighted by atomic mass is 19.4. The molecular weight excluding hydrogens is 511 g/mol. The number of alkyl halides is 3. The first-order chi connectivity index (χ1) is 18.3. The van der Waals surface area contributed by atoms with Crippen molar-refractivity contribution in [3.8, 4) is 28.0 Å². The molecule has 7 nitrogen and oxygen atoms in total. The van der Waals surface area contributed by atoms with Gasteiger partial charge in [-0.2, -0.15) is 13.2 Å². The van der Waals surface area contributed by atoms with Gasteiger partial charge in [0.25, 0.3) is 0 Å². The lowest BCUT2D eigenvalue weighted by atomic mass is 9.90. The van der Waals surface area contributed by atoms with Gasteiger partial charge in [-0.1, -0.05) is 12.1 Å². The molecule has 0 unspecified atom stereocenters. The normalized spacial score (nSPS) is 11.5. The zero-order valence-electron chi connectivity index (χ0n) is 22.9. The van der Waals surface area contributed by atoms with E-state index >= 15 is 0 Å². The number of hydrogen-bond donors (Lipinski definition) is 1. The third kappa shape index (κ3) is 6.32. The van der Waals surface area contributed by atoms with Gasteiger partial charge in [-0.3, -0.25) is 9.69 Å². The number of nitrogens with zero attached hydrogens (tertiary/aromatic N) is 2. The van der Waals surface area contributed by atoms with Crippen LogP contribution in [0.4, 0.5) is 24.7 Å². The van der Waals surface area contributed by atoms with Gasteiger partial charge in [0.2, 0.25) is 0 Å². The van der Waals surface area contributed by atoms with Crippen molar-refractivity contribution in [2.75, 3.05) is 24.4 Å². The molecule has 0 saturated heterocycles. The maximum absolute atomic E-state index is 13.2. The number of halogens is 3. The van der Waals surface area contributed by atoms with E-state index in [0.29, 0.717) is 32.9 Å². The zero-order valence-corrected chi connectivity index (χ0v) is 22.9. The Morgan fingerprint density at radius 2 is 1.59 bits per heavy atom. The van der Waals surface area contributed by atoms with Crippen LogP contribution < -0.4 is 15.0 Å². The summed E-state index contributed by atoms with van der Waals surface area (Å²) in [7, 11) is 2.79. The van der Waals surface area contributed by atoms with Gasteiger partial charge in [0, 0.05) is 46.2 Å². The molecule has 3 rings (SSSR count). The summed E-state index contributed by atoms with van der Waals surface area (Å²) in [5.41, 5.74) is 4.17. The second-order valence-electron chi connectivity index (χ2n) is 9.54. The van der Waals surface area contributed by atoms with Crippen LogP contribution in [0.2, 0.25) is 0 Å². The average Bonchev–Trinajstić information content (AvgIpc) is 2.87. The quantitative estimate of drug-likeness (QED) is 0.321. The maximum atomic E-state index is 13.2. The minimum absolute atomic E-state index is 0.160. The average molecular weight is 544 g/mol. The molecule has 0 aliphatic rings. The van der Waals surface area contributed by atoms with Crippen LogP contribution >= 0.6 is 0 Å². The van der Waals surface area contributed by atoms with Gasteiger partial charge in [0.15, 0.2) is 0 Å². The van der Waals surface area contributed by atoms with Crippen molar-refractivity contribution < 1.29 is 32.2 Å². The van der Waals surface area contributed by atoms with Gasteiger partial charge in [-0.25, -0.2) is 9.78 Å². The van der Waals surface area contributed by atoms with E-state index in [0.717, 1.165) is 11.3 Å². The maximum Gasteiger partial charge on any atom is 0.471 e. The largest absolute Gasteiger partial charge is 0.496 e. The third-order valence-electron chi connectivity index (χ3n) is 6.04. The summed E-state index contributed by atoms with van der Waals surface area (Å²) in [6.07, 6.45) is -3.72. The smallest absolute Gasteiger partial charge is 0.471 e. The van der Waals surface area contributed by atoms with Crippen LogP contribution in [0.15, 0.2) is 48.7 Å². The molecule has 10 heteroatoms. The van der Waals surface area contributed by atoms with Crippen molar-refractivity contribution in [2.24, 2.45) is 0 Å². The molecule has 39 heavy (non-hydrogen) atoms. The SMILES string of the molecule is COC(=O)c1cc(-c2ccc(NC(C)C)cc2)c(OC)c(C)c1-c1ccc(N(C(=O)C(F)(F)F)C(C)C)nc1. The van der Waals surface area contributed by atoms with Crippen LogP contribution in [-0.2, 0) is 9.53 Å². The van der Waals surface area contributed by atoms with Crippen molar-refractivity contribution in [3.05, 3.63) is 59.8 Å². The Morgan fingerprint density at radius 1 is 0.974 bits per heavy atom. The van der Waals surface area contributed by atoms with Crippen LogP contribution in [-0.4, -0.2) is 49.3 Å². The number of anilines is 2. The number of aromatic nitrogens is 1. The molecule has 0 fully saturated rings. The summed E-state index contributed by atoms with van der Waals surface area (Å²) in [5.74, 6) is -2.26. The number of rotatable bonds is 8. The Hall–Kier alpha value is -4.08. The number of pyridine rings is 1. The minimum Gasteiger partial charge on any atom is -0.496 e. The van der Waals surface area contributed by atoms with Crippen LogP contribution in [0, 0.1) is 6.92 Å². The molecule has 1 aromatic heterocycles. The Balaban J connectivity index is 2.15. The van der Waals surface area contributed by atoms with Crippen molar-refractivity contribution in [1.82, 2.24) is 4.98 Å². The van der Waals surface area contributed by atoms with E-state index in [1.165, 1.54) is 46.4 Å². The predicted molar refractivity (Wildman–Crippen MR) is 145 cm³/mol. The molecule has 0 atom stereocenters. The molecule has 3 aromatic rings. The number of benzene rings is 2. The molecule has 208 valence electrons. The molecule has 0 aliphatic carbocycles. The molecule has 1 heterocycles. The highest BCUT2D eigenvalue weighted by Gasteiger charge is 2.44. The van der Waals surface area contributed by atoms with Gasteiger partial charge < -0.3 is 14.8 Å². The number of carbonyl (C=O) groups excluding carboxylic acids is 2. The van der Waals surface area contributed by atoms with E-state index in [9.17, 15) is 22.8 Å². The van der Waals surface area contributed by atoms with E-state index < -0.39 is 24.1 Å². The van der Waals surface area contributed by atoms with Gasteiger partial charge in [0.05, 0.1) is 19.8 Å². The summed E-state index contributed by atoms with van der Waals surface area (Å²) in [4.78, 5) is 29.7. The molecule has 0 spiro atoms. The summed E-state index contributed by atoms with van der Waals surface area (Å²) in [6.45, 7) is 8.79. The number of nitrogens with one attached hydrogen (secondary N) is 1. The Kier molecular flexibility index (Phi) is 8.88. The first-order valence-corrected chi connectivity index (χ1v) is 12.3. The second kappa shape index (κ2) is 11.8.